The molecule has 0 bridgehead atoms. The maximum absolute atomic E-state index is 12.8. The standard InChI is InChI=1S/C67H126O6/c1-4-7-10-13-16-18-20-22-24-26-28-29-30-31-32-33-34-35-36-37-38-39-40-42-43-45-47-49-51-54-57-60-66(69)72-63-64(62-71-65(68)59-56-53-15-12-9-6-3)73-67(70)61-58-55-52-50-48-46-44-41-27-25-23-21-19-17-14-11-8-5-2/h20,22,26,28,64H,4-19,21,23-25,27,29-63H2,1-3H3/b22-20-,28-26-. The van der Waals surface area contributed by atoms with Crippen molar-refractivity contribution in [3.05, 3.63) is 24.3 Å². The molecule has 0 amide bonds. The second-order valence-corrected chi connectivity index (χ2v) is 22.4. The monoisotopic (exact) mass is 1030 g/mol. The van der Waals surface area contributed by atoms with Gasteiger partial charge in [0.05, 0.1) is 0 Å². The Morgan fingerprint density at radius 3 is 0.753 bits per heavy atom. The number of rotatable bonds is 61. The third kappa shape index (κ3) is 60.6. The number of hydrogen-bond acceptors (Lipinski definition) is 6. The number of carbonyl (C=O) groups is 3. The maximum atomic E-state index is 12.8. The Morgan fingerprint density at radius 1 is 0.274 bits per heavy atom. The van der Waals surface area contributed by atoms with Crippen molar-refractivity contribution in [1.82, 2.24) is 0 Å². The third-order valence-electron chi connectivity index (χ3n) is 15.0. The highest BCUT2D eigenvalue weighted by Gasteiger charge is 2.19. The van der Waals surface area contributed by atoms with Crippen LogP contribution in [0.25, 0.3) is 0 Å². The Bertz CT molecular complexity index is 1180. The summed E-state index contributed by atoms with van der Waals surface area (Å²) in [5.41, 5.74) is 0. The summed E-state index contributed by atoms with van der Waals surface area (Å²) >= 11 is 0. The Labute approximate surface area is 455 Å². The summed E-state index contributed by atoms with van der Waals surface area (Å²) < 4.78 is 16.8. The van der Waals surface area contributed by atoms with Gasteiger partial charge in [0.15, 0.2) is 6.10 Å². The lowest BCUT2D eigenvalue weighted by molar-refractivity contribution is -0.167. The molecule has 0 rings (SSSR count). The van der Waals surface area contributed by atoms with Crippen LogP contribution in [0, 0.1) is 0 Å². The van der Waals surface area contributed by atoms with Gasteiger partial charge in [-0.15, -0.1) is 0 Å². The lowest BCUT2D eigenvalue weighted by atomic mass is 10.0. The molecular weight excluding hydrogens is 901 g/mol. The second kappa shape index (κ2) is 62.4. The van der Waals surface area contributed by atoms with E-state index >= 15 is 0 Å². The molecule has 0 fully saturated rings. The van der Waals surface area contributed by atoms with Crippen LogP contribution in [0.1, 0.15) is 367 Å². The van der Waals surface area contributed by atoms with E-state index in [9.17, 15) is 14.4 Å². The molecule has 1 unspecified atom stereocenters. The van der Waals surface area contributed by atoms with Crippen LogP contribution >= 0.6 is 0 Å². The lowest BCUT2D eigenvalue weighted by Gasteiger charge is -2.18. The molecule has 0 N–H and O–H groups in total. The quantitative estimate of drug-likeness (QED) is 0.0261. The minimum atomic E-state index is -0.763. The highest BCUT2D eigenvalue weighted by molar-refractivity contribution is 5.71. The van der Waals surface area contributed by atoms with Gasteiger partial charge in [0.2, 0.25) is 0 Å². The molecule has 0 aromatic heterocycles. The normalized spacial score (nSPS) is 12.1. The van der Waals surface area contributed by atoms with Gasteiger partial charge in [-0.2, -0.15) is 0 Å². The number of hydrogen-bond donors (Lipinski definition) is 0. The van der Waals surface area contributed by atoms with Crippen LogP contribution in [0.5, 0.6) is 0 Å². The Hall–Kier alpha value is -2.11. The van der Waals surface area contributed by atoms with Gasteiger partial charge < -0.3 is 14.2 Å². The fraction of sp³-hybridized carbons (Fsp3) is 0.896. The summed E-state index contributed by atoms with van der Waals surface area (Å²) in [4.78, 5) is 38.0. The molecule has 0 spiro atoms. The molecule has 1 atom stereocenters. The van der Waals surface area contributed by atoms with Crippen molar-refractivity contribution in [2.45, 2.75) is 374 Å². The highest BCUT2D eigenvalue weighted by atomic mass is 16.6. The van der Waals surface area contributed by atoms with E-state index in [0.29, 0.717) is 19.3 Å². The van der Waals surface area contributed by atoms with Crippen molar-refractivity contribution >= 4 is 17.9 Å². The lowest BCUT2D eigenvalue weighted by Crippen LogP contribution is -2.30. The van der Waals surface area contributed by atoms with Crippen LogP contribution in [0.3, 0.4) is 0 Å². The molecule has 6 nitrogen and oxygen atoms in total. The number of unbranched alkanes of at least 4 members (excludes halogenated alkanes) is 46. The molecule has 0 aliphatic rings. The predicted molar refractivity (Wildman–Crippen MR) is 316 cm³/mol. The van der Waals surface area contributed by atoms with Gasteiger partial charge in [0, 0.05) is 19.3 Å². The second-order valence-electron chi connectivity index (χ2n) is 22.4. The van der Waals surface area contributed by atoms with Crippen molar-refractivity contribution in [2.75, 3.05) is 13.2 Å². The van der Waals surface area contributed by atoms with Gasteiger partial charge >= 0.3 is 17.9 Å². The third-order valence-corrected chi connectivity index (χ3v) is 15.0. The smallest absolute Gasteiger partial charge is 0.306 e. The van der Waals surface area contributed by atoms with Gasteiger partial charge in [-0.3, -0.25) is 14.4 Å². The fourth-order valence-electron chi connectivity index (χ4n) is 10.0. The Kier molecular flexibility index (Phi) is 60.6. The van der Waals surface area contributed by atoms with Crippen LogP contribution in [0.15, 0.2) is 24.3 Å². The SMILES string of the molecule is CCCCCCC/C=C\C/C=C\CCCCCCCCCCCCCCCCCCCCCC(=O)OCC(COC(=O)CCCCCCCC)OC(=O)CCCCCCCCCCCCCCCCCCCC. The molecule has 0 aliphatic heterocycles. The largest absolute Gasteiger partial charge is 0.462 e. The number of allylic oxidation sites excluding steroid dienone is 4. The summed E-state index contributed by atoms with van der Waals surface area (Å²) in [6.07, 6.45) is 75.2. The number of esters is 3. The van der Waals surface area contributed by atoms with Gasteiger partial charge in [-0.05, 0) is 51.4 Å². The highest BCUT2D eigenvalue weighted by Crippen LogP contribution is 2.18. The first-order valence-electron chi connectivity index (χ1n) is 32.8. The van der Waals surface area contributed by atoms with Crippen molar-refractivity contribution in [1.29, 1.82) is 0 Å². The molecule has 0 heterocycles. The summed E-state index contributed by atoms with van der Waals surface area (Å²) in [6, 6.07) is 0. The van der Waals surface area contributed by atoms with Crippen LogP contribution in [0.4, 0.5) is 0 Å². The van der Waals surface area contributed by atoms with E-state index < -0.39 is 6.10 Å². The zero-order valence-electron chi connectivity index (χ0n) is 49.4. The summed E-state index contributed by atoms with van der Waals surface area (Å²) in [6.45, 7) is 6.63. The average Bonchev–Trinajstić information content (AvgIpc) is 3.39. The molecule has 0 aromatic carbocycles. The van der Waals surface area contributed by atoms with Crippen LogP contribution < -0.4 is 0 Å². The predicted octanol–water partition coefficient (Wildman–Crippen LogP) is 22.2. The van der Waals surface area contributed by atoms with Gasteiger partial charge in [-0.25, -0.2) is 0 Å². The molecule has 6 heteroatoms. The fourth-order valence-corrected chi connectivity index (χ4v) is 10.0. The molecule has 0 saturated carbocycles. The molecule has 0 aliphatic carbocycles. The van der Waals surface area contributed by atoms with E-state index in [-0.39, 0.29) is 31.1 Å². The van der Waals surface area contributed by atoms with Gasteiger partial charge in [0.25, 0.3) is 0 Å². The summed E-state index contributed by atoms with van der Waals surface area (Å²) in [5, 5.41) is 0. The van der Waals surface area contributed by atoms with Crippen molar-refractivity contribution in [3.63, 3.8) is 0 Å². The molecule has 430 valence electrons. The molecule has 0 saturated heterocycles. The van der Waals surface area contributed by atoms with Crippen molar-refractivity contribution in [2.24, 2.45) is 0 Å². The van der Waals surface area contributed by atoms with E-state index in [0.717, 1.165) is 64.2 Å². The first-order valence-corrected chi connectivity index (χ1v) is 32.8. The zero-order valence-corrected chi connectivity index (χ0v) is 49.4. The van der Waals surface area contributed by atoms with Crippen molar-refractivity contribution in [3.8, 4) is 0 Å². The Morgan fingerprint density at radius 2 is 0.493 bits per heavy atom. The van der Waals surface area contributed by atoms with Crippen molar-refractivity contribution < 1.29 is 28.6 Å². The Balaban J connectivity index is 3.95. The molecule has 73 heavy (non-hydrogen) atoms. The van der Waals surface area contributed by atoms with Crippen LogP contribution in [0.2, 0.25) is 0 Å². The molecule has 0 aromatic rings. The van der Waals surface area contributed by atoms with Crippen LogP contribution in [-0.2, 0) is 28.6 Å². The molecule has 0 radical (unpaired) electrons. The topological polar surface area (TPSA) is 78.9 Å². The maximum Gasteiger partial charge on any atom is 0.306 e. The summed E-state index contributed by atoms with van der Waals surface area (Å²) in [5.74, 6) is -0.849. The summed E-state index contributed by atoms with van der Waals surface area (Å²) in [7, 11) is 0. The first kappa shape index (κ1) is 70.9. The molecular formula is C67H126O6. The zero-order chi connectivity index (χ0) is 52.9. The van der Waals surface area contributed by atoms with E-state index in [1.54, 1.807) is 0 Å². The van der Waals surface area contributed by atoms with Gasteiger partial charge in [-0.1, -0.05) is 321 Å². The number of carbonyl (C=O) groups excluding carboxylic acids is 3. The van der Waals surface area contributed by atoms with Crippen LogP contribution in [-0.4, -0.2) is 37.2 Å². The van der Waals surface area contributed by atoms with E-state index in [1.807, 2.05) is 0 Å². The minimum absolute atomic E-state index is 0.0647. The minimum Gasteiger partial charge on any atom is -0.462 e. The van der Waals surface area contributed by atoms with Gasteiger partial charge in [0.1, 0.15) is 13.2 Å². The first-order chi connectivity index (χ1) is 36.0. The van der Waals surface area contributed by atoms with E-state index in [4.69, 9.17) is 14.2 Å². The van der Waals surface area contributed by atoms with E-state index in [2.05, 4.69) is 45.1 Å². The van der Waals surface area contributed by atoms with E-state index in [1.165, 1.54) is 263 Å². The average molecular weight is 1030 g/mol. The number of ether oxygens (including phenoxy) is 3.